The van der Waals surface area contributed by atoms with Crippen LogP contribution in [0.5, 0.6) is 11.5 Å². The van der Waals surface area contributed by atoms with Crippen molar-refractivity contribution in [2.75, 3.05) is 0 Å². The minimum absolute atomic E-state index is 0.140. The van der Waals surface area contributed by atoms with Crippen LogP contribution in [0.2, 0.25) is 0 Å². The van der Waals surface area contributed by atoms with Crippen LogP contribution in [0.15, 0.2) is 22.7 Å². The van der Waals surface area contributed by atoms with Crippen molar-refractivity contribution in [2.24, 2.45) is 0 Å². The molecule has 2 rings (SSSR count). The van der Waals surface area contributed by atoms with Crippen LogP contribution in [0.3, 0.4) is 0 Å². The van der Waals surface area contributed by atoms with E-state index >= 15 is 0 Å². The smallest absolute Gasteiger partial charge is 0.250 e. The molecule has 112 valence electrons. The number of phenolic OH excluding ortho intramolecular Hbond substituents is 2. The molecule has 0 aliphatic rings. The second kappa shape index (κ2) is 7.47. The number of aromatic nitrogens is 2. The highest BCUT2D eigenvalue weighted by Crippen LogP contribution is 2.25. The van der Waals surface area contributed by atoms with Crippen LogP contribution in [-0.4, -0.2) is 20.4 Å². The van der Waals surface area contributed by atoms with Gasteiger partial charge in [0, 0.05) is 12.5 Å². The number of rotatable bonds is 7. The fraction of sp³-hybridized carbons (Fsp3) is 0.375. The van der Waals surface area contributed by atoms with Crippen molar-refractivity contribution >= 4 is 12.2 Å². The summed E-state index contributed by atoms with van der Waals surface area (Å²) in [6.07, 6.45) is 8.96. The van der Waals surface area contributed by atoms with E-state index in [2.05, 4.69) is 17.1 Å². The molecule has 1 heterocycles. The van der Waals surface area contributed by atoms with E-state index in [1.165, 1.54) is 31.4 Å². The number of hydrogen-bond donors (Lipinski definition) is 2. The number of hydrogen-bond acceptors (Lipinski definition) is 5. The van der Waals surface area contributed by atoms with Crippen LogP contribution in [0.25, 0.3) is 12.2 Å². The summed E-state index contributed by atoms with van der Waals surface area (Å²) in [4.78, 5) is 4.29. The Kier molecular flexibility index (Phi) is 5.37. The summed E-state index contributed by atoms with van der Waals surface area (Å²) in [6.45, 7) is 2.18. The number of nitrogens with zero attached hydrogens (tertiary/aromatic N) is 2. The third kappa shape index (κ3) is 4.63. The van der Waals surface area contributed by atoms with E-state index in [4.69, 9.17) is 4.52 Å². The molecule has 21 heavy (non-hydrogen) atoms. The monoisotopic (exact) mass is 288 g/mol. The molecule has 1 aromatic carbocycles. The highest BCUT2D eigenvalue weighted by Gasteiger charge is 2.03. The van der Waals surface area contributed by atoms with Gasteiger partial charge in [0.2, 0.25) is 0 Å². The first kappa shape index (κ1) is 15.1. The van der Waals surface area contributed by atoms with E-state index in [9.17, 15) is 10.2 Å². The van der Waals surface area contributed by atoms with Crippen LogP contribution >= 0.6 is 0 Å². The van der Waals surface area contributed by atoms with Gasteiger partial charge in [0.1, 0.15) is 0 Å². The lowest BCUT2D eigenvalue weighted by molar-refractivity contribution is 0.402. The van der Waals surface area contributed by atoms with Gasteiger partial charge in [0.05, 0.1) is 0 Å². The molecular weight excluding hydrogens is 268 g/mol. The maximum Gasteiger partial charge on any atom is 0.250 e. The second-order valence-electron chi connectivity index (χ2n) is 4.94. The Morgan fingerprint density at radius 1 is 1.10 bits per heavy atom. The van der Waals surface area contributed by atoms with Crippen LogP contribution in [0.4, 0.5) is 0 Å². The molecule has 5 heteroatoms. The zero-order valence-corrected chi connectivity index (χ0v) is 12.1. The van der Waals surface area contributed by atoms with Gasteiger partial charge in [-0.2, -0.15) is 4.98 Å². The first-order valence-corrected chi connectivity index (χ1v) is 7.21. The molecule has 0 amide bonds. The lowest BCUT2D eigenvalue weighted by Crippen LogP contribution is -1.88. The molecule has 0 bridgehead atoms. The predicted octanol–water partition coefficient (Wildman–Crippen LogP) is 3.77. The quantitative estimate of drug-likeness (QED) is 0.599. The summed E-state index contributed by atoms with van der Waals surface area (Å²) in [5.41, 5.74) is 0.744. The zero-order chi connectivity index (χ0) is 15.1. The first-order chi connectivity index (χ1) is 10.2. The minimum atomic E-state index is -0.153. The third-order valence-electron chi connectivity index (χ3n) is 3.16. The summed E-state index contributed by atoms with van der Waals surface area (Å²) in [6, 6.07) is 4.59. The Labute approximate surface area is 123 Å². The Morgan fingerprint density at radius 2 is 1.95 bits per heavy atom. The standard InChI is InChI=1S/C16H20N2O3/c1-2-3-4-5-6-15-17-16(21-18-15)10-8-12-7-9-13(19)14(20)11-12/h7-11,19-20H,2-6H2,1H3/b10-8+. The van der Waals surface area contributed by atoms with Crippen molar-refractivity contribution in [1.29, 1.82) is 0 Å². The molecule has 2 aromatic rings. The molecule has 5 nitrogen and oxygen atoms in total. The summed E-state index contributed by atoms with van der Waals surface area (Å²) in [5, 5.41) is 22.6. The molecule has 0 aliphatic heterocycles. The van der Waals surface area contributed by atoms with E-state index in [1.807, 2.05) is 0 Å². The normalized spacial score (nSPS) is 11.3. The Bertz CT molecular complexity index is 605. The van der Waals surface area contributed by atoms with Crippen LogP contribution in [-0.2, 0) is 6.42 Å². The van der Waals surface area contributed by atoms with Crippen molar-refractivity contribution in [2.45, 2.75) is 39.0 Å². The fourth-order valence-corrected chi connectivity index (χ4v) is 1.96. The number of phenols is 2. The molecule has 0 fully saturated rings. The van der Waals surface area contributed by atoms with Gasteiger partial charge in [-0.15, -0.1) is 0 Å². The van der Waals surface area contributed by atoms with Crippen molar-refractivity contribution < 1.29 is 14.7 Å². The van der Waals surface area contributed by atoms with E-state index in [0.29, 0.717) is 5.89 Å². The molecule has 0 radical (unpaired) electrons. The van der Waals surface area contributed by atoms with E-state index < -0.39 is 0 Å². The van der Waals surface area contributed by atoms with E-state index in [1.54, 1.807) is 18.2 Å². The van der Waals surface area contributed by atoms with Gasteiger partial charge < -0.3 is 14.7 Å². The van der Waals surface area contributed by atoms with Gasteiger partial charge in [-0.25, -0.2) is 0 Å². The average molecular weight is 288 g/mol. The summed E-state index contributed by atoms with van der Waals surface area (Å²) >= 11 is 0. The first-order valence-electron chi connectivity index (χ1n) is 7.21. The molecule has 0 atom stereocenters. The van der Waals surface area contributed by atoms with E-state index in [-0.39, 0.29) is 11.5 Å². The Morgan fingerprint density at radius 3 is 2.71 bits per heavy atom. The third-order valence-corrected chi connectivity index (χ3v) is 3.16. The van der Waals surface area contributed by atoms with Gasteiger partial charge in [0.25, 0.3) is 5.89 Å². The van der Waals surface area contributed by atoms with Crippen molar-refractivity contribution in [3.8, 4) is 11.5 Å². The second-order valence-corrected chi connectivity index (χ2v) is 4.94. The Balaban J connectivity index is 1.92. The Hall–Kier alpha value is -2.30. The highest BCUT2D eigenvalue weighted by atomic mass is 16.5. The van der Waals surface area contributed by atoms with Gasteiger partial charge in [-0.1, -0.05) is 37.4 Å². The fourth-order valence-electron chi connectivity index (χ4n) is 1.96. The highest BCUT2D eigenvalue weighted by molar-refractivity contribution is 5.67. The van der Waals surface area contributed by atoms with Crippen molar-refractivity contribution in [3.05, 3.63) is 35.5 Å². The summed E-state index contributed by atoms with van der Waals surface area (Å²) < 4.78 is 5.14. The van der Waals surface area contributed by atoms with Crippen LogP contribution < -0.4 is 0 Å². The molecule has 1 aromatic heterocycles. The minimum Gasteiger partial charge on any atom is -0.504 e. The maximum absolute atomic E-state index is 9.41. The lowest BCUT2D eigenvalue weighted by Gasteiger charge is -1.97. The number of aryl methyl sites for hydroxylation is 1. The largest absolute Gasteiger partial charge is 0.504 e. The zero-order valence-electron chi connectivity index (χ0n) is 12.1. The van der Waals surface area contributed by atoms with Gasteiger partial charge >= 0.3 is 0 Å². The number of aromatic hydroxyl groups is 2. The van der Waals surface area contributed by atoms with Crippen LogP contribution in [0.1, 0.15) is 49.9 Å². The SMILES string of the molecule is CCCCCCc1noc(/C=C/c2ccc(O)c(O)c2)n1. The molecule has 0 aliphatic carbocycles. The molecular formula is C16H20N2O3. The lowest BCUT2D eigenvalue weighted by atomic mass is 10.1. The van der Waals surface area contributed by atoms with Crippen LogP contribution in [0, 0.1) is 0 Å². The van der Waals surface area contributed by atoms with E-state index in [0.717, 1.165) is 24.2 Å². The molecule has 2 N–H and O–H groups in total. The topological polar surface area (TPSA) is 79.4 Å². The maximum atomic E-state index is 9.41. The molecule has 0 spiro atoms. The van der Waals surface area contributed by atoms with Gasteiger partial charge in [-0.3, -0.25) is 0 Å². The summed E-state index contributed by atoms with van der Waals surface area (Å²) in [5.74, 6) is 0.867. The molecule has 0 unspecified atom stereocenters. The molecule has 0 saturated carbocycles. The van der Waals surface area contributed by atoms with Gasteiger partial charge in [-0.05, 0) is 30.2 Å². The molecule has 0 saturated heterocycles. The van der Waals surface area contributed by atoms with Gasteiger partial charge in [0.15, 0.2) is 17.3 Å². The predicted molar refractivity (Wildman–Crippen MR) is 80.8 cm³/mol. The van der Waals surface area contributed by atoms with Crippen molar-refractivity contribution in [1.82, 2.24) is 10.1 Å². The average Bonchev–Trinajstić information content (AvgIpc) is 2.93. The number of unbranched alkanes of at least 4 members (excludes halogenated alkanes) is 3. The van der Waals surface area contributed by atoms with Crippen molar-refractivity contribution in [3.63, 3.8) is 0 Å². The number of benzene rings is 1. The summed E-state index contributed by atoms with van der Waals surface area (Å²) in [7, 11) is 0.